The summed E-state index contributed by atoms with van der Waals surface area (Å²) < 4.78 is 0. The van der Waals surface area contributed by atoms with E-state index in [9.17, 15) is 4.79 Å². The lowest BCUT2D eigenvalue weighted by atomic mass is 10.1. The first-order valence-electron chi connectivity index (χ1n) is 5.38. The highest BCUT2D eigenvalue weighted by Gasteiger charge is 2.10. The number of carbonyl (C=O) groups excluding carboxylic acids is 1. The van der Waals surface area contributed by atoms with Crippen molar-refractivity contribution in [3.63, 3.8) is 0 Å². The third kappa shape index (κ3) is 2.87. The highest BCUT2D eigenvalue weighted by Crippen LogP contribution is 2.11. The monoisotopic (exact) mass is 227 g/mol. The molecule has 0 aliphatic rings. The van der Waals surface area contributed by atoms with Crippen LogP contribution in [-0.2, 0) is 0 Å². The van der Waals surface area contributed by atoms with Crippen molar-refractivity contribution < 1.29 is 4.79 Å². The van der Waals surface area contributed by atoms with Crippen LogP contribution in [0.3, 0.4) is 0 Å². The number of aromatic nitrogens is 2. The van der Waals surface area contributed by atoms with Crippen LogP contribution in [0, 0.1) is 0 Å². The molecule has 0 bridgehead atoms. The van der Waals surface area contributed by atoms with Gasteiger partial charge >= 0.3 is 0 Å². The van der Waals surface area contributed by atoms with Crippen LogP contribution < -0.4 is 5.32 Å². The van der Waals surface area contributed by atoms with Crippen molar-refractivity contribution >= 4 is 5.91 Å². The van der Waals surface area contributed by atoms with Gasteiger partial charge in [-0.1, -0.05) is 0 Å². The molecule has 1 atom stereocenters. The molecule has 0 spiro atoms. The lowest BCUT2D eigenvalue weighted by Crippen LogP contribution is -2.26. The third-order valence-corrected chi connectivity index (χ3v) is 2.48. The first-order chi connectivity index (χ1) is 8.27. The van der Waals surface area contributed by atoms with Crippen molar-refractivity contribution in [1.82, 2.24) is 15.3 Å². The van der Waals surface area contributed by atoms with Crippen LogP contribution in [0.1, 0.15) is 28.9 Å². The van der Waals surface area contributed by atoms with E-state index in [1.54, 1.807) is 36.9 Å². The first kappa shape index (κ1) is 11.3. The van der Waals surface area contributed by atoms with E-state index in [-0.39, 0.29) is 11.9 Å². The highest BCUT2D eigenvalue weighted by atomic mass is 16.1. The Morgan fingerprint density at radius 2 is 1.94 bits per heavy atom. The number of amides is 1. The summed E-state index contributed by atoms with van der Waals surface area (Å²) in [5.74, 6) is -0.123. The van der Waals surface area contributed by atoms with Crippen LogP contribution in [0.25, 0.3) is 0 Å². The molecule has 2 aromatic rings. The van der Waals surface area contributed by atoms with Crippen molar-refractivity contribution in [2.45, 2.75) is 13.0 Å². The maximum atomic E-state index is 11.9. The maximum absolute atomic E-state index is 11.9. The number of rotatable bonds is 3. The minimum Gasteiger partial charge on any atom is -0.345 e. The van der Waals surface area contributed by atoms with E-state index in [2.05, 4.69) is 15.3 Å². The molecule has 2 heterocycles. The summed E-state index contributed by atoms with van der Waals surface area (Å²) >= 11 is 0. The fraction of sp³-hybridized carbons (Fsp3) is 0.154. The number of hydrogen-bond acceptors (Lipinski definition) is 3. The Labute approximate surface area is 99.7 Å². The van der Waals surface area contributed by atoms with Gasteiger partial charge in [-0.2, -0.15) is 0 Å². The van der Waals surface area contributed by atoms with Crippen LogP contribution >= 0.6 is 0 Å². The van der Waals surface area contributed by atoms with Gasteiger partial charge in [-0.15, -0.1) is 0 Å². The van der Waals surface area contributed by atoms with Gasteiger partial charge in [0.1, 0.15) is 0 Å². The van der Waals surface area contributed by atoms with E-state index in [0.717, 1.165) is 5.56 Å². The Morgan fingerprint density at radius 1 is 1.18 bits per heavy atom. The standard InChI is InChI=1S/C13H13N3O/c1-10(11-4-7-14-8-5-11)16-13(17)12-3-2-6-15-9-12/h2-10H,1H3,(H,16,17). The van der Waals surface area contributed by atoms with E-state index in [4.69, 9.17) is 0 Å². The van der Waals surface area contributed by atoms with Crippen molar-refractivity contribution in [2.75, 3.05) is 0 Å². The molecular formula is C13H13N3O. The average Bonchev–Trinajstić information content (AvgIpc) is 2.40. The number of carbonyl (C=O) groups is 1. The number of nitrogens with zero attached hydrogens (tertiary/aromatic N) is 2. The quantitative estimate of drug-likeness (QED) is 0.872. The molecule has 4 nitrogen and oxygen atoms in total. The van der Waals surface area contributed by atoms with Gasteiger partial charge in [0, 0.05) is 24.8 Å². The predicted molar refractivity (Wildman–Crippen MR) is 64.4 cm³/mol. The predicted octanol–water partition coefficient (Wildman–Crippen LogP) is 1.97. The number of pyridine rings is 2. The Morgan fingerprint density at radius 3 is 2.59 bits per heavy atom. The van der Waals surface area contributed by atoms with Crippen molar-refractivity contribution in [1.29, 1.82) is 0 Å². The summed E-state index contributed by atoms with van der Waals surface area (Å²) in [5, 5.41) is 2.91. The zero-order valence-electron chi connectivity index (χ0n) is 9.50. The van der Waals surface area contributed by atoms with Crippen LogP contribution in [0.5, 0.6) is 0 Å². The molecule has 0 aromatic carbocycles. The van der Waals surface area contributed by atoms with Gasteiger partial charge in [0.2, 0.25) is 0 Å². The van der Waals surface area contributed by atoms with Crippen molar-refractivity contribution in [2.24, 2.45) is 0 Å². The van der Waals surface area contributed by atoms with Gasteiger partial charge < -0.3 is 5.32 Å². The first-order valence-corrected chi connectivity index (χ1v) is 5.38. The molecule has 2 rings (SSSR count). The lowest BCUT2D eigenvalue weighted by Gasteiger charge is -2.13. The molecule has 0 saturated carbocycles. The number of nitrogens with one attached hydrogen (secondary N) is 1. The minimum atomic E-state index is -0.123. The van der Waals surface area contributed by atoms with Crippen LogP contribution in [0.2, 0.25) is 0 Å². The molecular weight excluding hydrogens is 214 g/mol. The molecule has 86 valence electrons. The maximum Gasteiger partial charge on any atom is 0.253 e. The molecule has 1 unspecified atom stereocenters. The summed E-state index contributed by atoms with van der Waals surface area (Å²) in [6, 6.07) is 7.20. The Kier molecular flexibility index (Phi) is 3.45. The van der Waals surface area contributed by atoms with Gasteiger partial charge in [0.15, 0.2) is 0 Å². The second-order valence-corrected chi connectivity index (χ2v) is 3.72. The normalized spacial score (nSPS) is 11.8. The molecule has 2 aromatic heterocycles. The topological polar surface area (TPSA) is 54.9 Å². The fourth-order valence-corrected chi connectivity index (χ4v) is 1.51. The van der Waals surface area contributed by atoms with E-state index in [1.165, 1.54) is 0 Å². The molecule has 0 aliphatic carbocycles. The summed E-state index contributed by atoms with van der Waals surface area (Å²) in [5.41, 5.74) is 1.59. The van der Waals surface area contributed by atoms with Gasteiger partial charge in [0.25, 0.3) is 5.91 Å². The molecule has 0 saturated heterocycles. The molecule has 1 N–H and O–H groups in total. The van der Waals surface area contributed by atoms with Crippen molar-refractivity contribution in [3.05, 3.63) is 60.2 Å². The summed E-state index contributed by atoms with van der Waals surface area (Å²) in [6.45, 7) is 1.93. The smallest absolute Gasteiger partial charge is 0.253 e. The van der Waals surface area contributed by atoms with Crippen molar-refractivity contribution in [3.8, 4) is 0 Å². The molecule has 0 aliphatic heterocycles. The van der Waals surface area contributed by atoms with Gasteiger partial charge in [-0.3, -0.25) is 14.8 Å². The van der Waals surface area contributed by atoms with Crippen LogP contribution in [-0.4, -0.2) is 15.9 Å². The summed E-state index contributed by atoms with van der Waals surface area (Å²) in [7, 11) is 0. The lowest BCUT2D eigenvalue weighted by molar-refractivity contribution is 0.0939. The van der Waals surface area contributed by atoms with Gasteiger partial charge in [0.05, 0.1) is 11.6 Å². The molecule has 4 heteroatoms. The molecule has 1 amide bonds. The van der Waals surface area contributed by atoms with Gasteiger partial charge in [-0.25, -0.2) is 0 Å². The zero-order chi connectivity index (χ0) is 12.1. The molecule has 0 radical (unpaired) electrons. The Bertz CT molecular complexity index is 485. The Hall–Kier alpha value is -2.23. The number of hydrogen-bond donors (Lipinski definition) is 1. The Balaban J connectivity index is 2.05. The third-order valence-electron chi connectivity index (χ3n) is 2.48. The van der Waals surface area contributed by atoms with E-state index < -0.39 is 0 Å². The van der Waals surface area contributed by atoms with Crippen LogP contribution in [0.15, 0.2) is 49.1 Å². The second kappa shape index (κ2) is 5.21. The molecule has 0 fully saturated rings. The molecule has 17 heavy (non-hydrogen) atoms. The summed E-state index contributed by atoms with van der Waals surface area (Å²) in [6.07, 6.45) is 6.61. The van der Waals surface area contributed by atoms with E-state index in [0.29, 0.717) is 5.56 Å². The average molecular weight is 227 g/mol. The summed E-state index contributed by atoms with van der Waals surface area (Å²) in [4.78, 5) is 19.7. The van der Waals surface area contributed by atoms with E-state index in [1.807, 2.05) is 19.1 Å². The fourth-order valence-electron chi connectivity index (χ4n) is 1.51. The largest absolute Gasteiger partial charge is 0.345 e. The van der Waals surface area contributed by atoms with Crippen LogP contribution in [0.4, 0.5) is 0 Å². The second-order valence-electron chi connectivity index (χ2n) is 3.72. The highest BCUT2D eigenvalue weighted by molar-refractivity contribution is 5.94. The minimum absolute atomic E-state index is 0.0503. The van der Waals surface area contributed by atoms with Gasteiger partial charge in [-0.05, 0) is 36.8 Å². The van der Waals surface area contributed by atoms with E-state index >= 15 is 0 Å². The zero-order valence-corrected chi connectivity index (χ0v) is 9.50. The SMILES string of the molecule is CC(NC(=O)c1cccnc1)c1ccncc1.